The lowest BCUT2D eigenvalue weighted by Gasteiger charge is -2.48. The smallest absolute Gasteiger partial charge is 0.217 e. The Bertz CT molecular complexity index is 1390. The number of aliphatic hydroxyl groups excluding tert-OH is 16. The molecule has 62 heavy (non-hydrogen) atoms. The molecular weight excluding hydrogens is 852 g/mol. The zero-order valence-electron chi connectivity index (χ0n) is 33.3. The fourth-order valence-corrected chi connectivity index (χ4v) is 7.33. The molecule has 0 bridgehead atoms. The molecule has 0 unspecified atom stereocenters. The van der Waals surface area contributed by atoms with Gasteiger partial charge >= 0.3 is 0 Å². The van der Waals surface area contributed by atoms with E-state index in [2.05, 4.69) is 10.6 Å². The maximum Gasteiger partial charge on any atom is 0.217 e. The lowest BCUT2D eigenvalue weighted by atomic mass is 9.95. The first-order valence-electron chi connectivity index (χ1n) is 19.5. The molecule has 0 spiro atoms. The first kappa shape index (κ1) is 52.6. The number of hydrogen-bond acceptors (Lipinski definition) is 26. The third kappa shape index (κ3) is 12.1. The predicted octanol–water partition coefficient (Wildman–Crippen LogP) is -12.0. The summed E-state index contributed by atoms with van der Waals surface area (Å²) in [7, 11) is 0. The number of aliphatic hydroxyl groups is 16. The van der Waals surface area contributed by atoms with Gasteiger partial charge in [0.1, 0.15) is 122 Å². The zero-order valence-corrected chi connectivity index (χ0v) is 33.3. The van der Waals surface area contributed by atoms with Gasteiger partial charge in [0.15, 0.2) is 25.2 Å². The molecule has 18 N–H and O–H groups in total. The van der Waals surface area contributed by atoms with Gasteiger partial charge in [-0.3, -0.25) is 9.59 Å². The standard InChI is InChI=1S/C34H60N2O26/c1-9(42)35-17-23(50)19(46)13(5-39)57-32(17)60-28(11(44)3-37)29(12(45)4-38)61-34-27(54)25(52)21(48)16(59-34)8-55-31-18(36-10(2)43)30(22(49)15(7-41)56-31)62-33-26(53)24(51)20(47)14(6-40)58-33/h11-34,37-41,44-54H,3-8H2,1-2H3,(H,35,42)(H,36,43)/t11-,12+,13+,14+,15+,16+,17+,18+,19-,20-,21-,22+,23+,24-,25-,26+,27+,28+,29+,30+,31+,32+,33+,34-/m0/s1. The van der Waals surface area contributed by atoms with Crippen molar-refractivity contribution in [3.8, 4) is 0 Å². The van der Waals surface area contributed by atoms with Crippen molar-refractivity contribution in [2.75, 3.05) is 39.6 Å². The average molecular weight is 913 g/mol. The van der Waals surface area contributed by atoms with E-state index in [4.69, 9.17) is 37.9 Å². The molecule has 0 aromatic carbocycles. The lowest BCUT2D eigenvalue weighted by molar-refractivity contribution is -0.358. The highest BCUT2D eigenvalue weighted by Crippen LogP contribution is 2.33. The summed E-state index contributed by atoms with van der Waals surface area (Å²) >= 11 is 0. The second-order valence-electron chi connectivity index (χ2n) is 15.2. The van der Waals surface area contributed by atoms with Crippen LogP contribution in [0.4, 0.5) is 0 Å². The molecule has 4 rings (SSSR count). The van der Waals surface area contributed by atoms with Crippen LogP contribution < -0.4 is 10.6 Å². The van der Waals surface area contributed by atoms with Crippen LogP contribution in [-0.4, -0.2) is 280 Å². The van der Waals surface area contributed by atoms with Crippen molar-refractivity contribution in [2.45, 2.75) is 161 Å². The maximum absolute atomic E-state index is 12.4. The van der Waals surface area contributed by atoms with E-state index in [1.807, 2.05) is 0 Å². The van der Waals surface area contributed by atoms with Crippen LogP contribution in [0.15, 0.2) is 0 Å². The Morgan fingerprint density at radius 1 is 0.500 bits per heavy atom. The normalized spacial score (nSPS) is 43.6. The Balaban J connectivity index is 1.59. The second-order valence-corrected chi connectivity index (χ2v) is 15.2. The molecule has 0 aliphatic carbocycles. The summed E-state index contributed by atoms with van der Waals surface area (Å²) in [5.41, 5.74) is 0. The zero-order chi connectivity index (χ0) is 46.3. The van der Waals surface area contributed by atoms with Crippen molar-refractivity contribution < 1.29 is 129 Å². The molecule has 4 saturated heterocycles. The van der Waals surface area contributed by atoms with Crippen LogP contribution >= 0.6 is 0 Å². The number of hydrogen-bond donors (Lipinski definition) is 18. The van der Waals surface area contributed by atoms with E-state index in [1.165, 1.54) is 0 Å². The van der Waals surface area contributed by atoms with Crippen LogP contribution in [0.2, 0.25) is 0 Å². The van der Waals surface area contributed by atoms with Gasteiger partial charge in [-0.05, 0) is 0 Å². The molecule has 28 heteroatoms. The summed E-state index contributed by atoms with van der Waals surface area (Å²) < 4.78 is 45.3. The van der Waals surface area contributed by atoms with Crippen LogP contribution in [0.5, 0.6) is 0 Å². The van der Waals surface area contributed by atoms with Crippen LogP contribution in [-0.2, 0) is 47.5 Å². The van der Waals surface area contributed by atoms with Crippen molar-refractivity contribution in [1.29, 1.82) is 0 Å². The van der Waals surface area contributed by atoms with Gasteiger partial charge in [0.05, 0.1) is 39.6 Å². The van der Waals surface area contributed by atoms with Crippen LogP contribution in [0.1, 0.15) is 13.8 Å². The molecule has 0 aromatic rings. The number of amides is 2. The summed E-state index contributed by atoms with van der Waals surface area (Å²) in [5.74, 6) is -1.55. The van der Waals surface area contributed by atoms with Gasteiger partial charge in [0.2, 0.25) is 11.8 Å². The van der Waals surface area contributed by atoms with Crippen molar-refractivity contribution in [3.05, 3.63) is 0 Å². The Kier molecular flexibility index (Phi) is 19.9. The van der Waals surface area contributed by atoms with E-state index >= 15 is 0 Å². The molecule has 0 aromatic heterocycles. The molecule has 4 heterocycles. The molecule has 362 valence electrons. The predicted molar refractivity (Wildman–Crippen MR) is 192 cm³/mol. The quantitative estimate of drug-likeness (QED) is 0.0572. The number of nitrogens with one attached hydrogen (secondary N) is 2. The summed E-state index contributed by atoms with van der Waals surface area (Å²) in [5, 5.41) is 172. The van der Waals surface area contributed by atoms with Gasteiger partial charge in [-0.2, -0.15) is 0 Å². The molecule has 4 aliphatic rings. The van der Waals surface area contributed by atoms with Gasteiger partial charge in [-0.25, -0.2) is 0 Å². The van der Waals surface area contributed by atoms with E-state index in [1.54, 1.807) is 0 Å². The van der Waals surface area contributed by atoms with Crippen LogP contribution in [0, 0.1) is 0 Å². The molecule has 4 fully saturated rings. The monoisotopic (exact) mass is 912 g/mol. The number of carbonyl (C=O) groups excluding carboxylic acids is 2. The summed E-state index contributed by atoms with van der Waals surface area (Å²) in [4.78, 5) is 24.4. The minimum atomic E-state index is -2.20. The summed E-state index contributed by atoms with van der Waals surface area (Å²) in [6, 6.07) is -3.21. The first-order valence-corrected chi connectivity index (χ1v) is 19.5. The van der Waals surface area contributed by atoms with Gasteiger partial charge in [0.25, 0.3) is 0 Å². The average Bonchev–Trinajstić information content (AvgIpc) is 3.24. The summed E-state index contributed by atoms with van der Waals surface area (Å²) in [6.07, 6.45) is -41.6. The van der Waals surface area contributed by atoms with E-state index in [0.717, 1.165) is 13.8 Å². The lowest BCUT2D eigenvalue weighted by Crippen LogP contribution is -2.68. The van der Waals surface area contributed by atoms with E-state index in [0.29, 0.717) is 0 Å². The van der Waals surface area contributed by atoms with Crippen LogP contribution in [0.3, 0.4) is 0 Å². The SMILES string of the molecule is CC(=O)N[C@H]1[C@@H](O[C@@H]([C@H](O[C@@H]2O[C@H](CO[C@@H]3O[C@H](CO)[C@@H](O)[C@H](O[C@H]4O[C@H](CO)[C@H](O)[C@H](O)[C@H]4O)[C@H]3NC(C)=O)[C@H](O)[C@H](O)[C@H]2O)[C@H](O)CO)[C@@H](O)CO)O[C@H](CO)[C@H](O)[C@@H]1O. The minimum absolute atomic E-state index is 0.773. The van der Waals surface area contributed by atoms with E-state index in [-0.39, 0.29) is 0 Å². The fourth-order valence-electron chi connectivity index (χ4n) is 7.33. The van der Waals surface area contributed by atoms with Crippen LogP contribution in [0.25, 0.3) is 0 Å². The van der Waals surface area contributed by atoms with Gasteiger partial charge in [0, 0.05) is 13.8 Å². The fraction of sp³-hybridized carbons (Fsp3) is 0.941. The number of carbonyl (C=O) groups is 2. The Morgan fingerprint density at radius 2 is 0.903 bits per heavy atom. The molecular formula is C34H60N2O26. The Labute approximate surface area is 352 Å². The molecule has 0 radical (unpaired) electrons. The summed E-state index contributed by atoms with van der Waals surface area (Å²) in [6.45, 7) is -3.77. The minimum Gasteiger partial charge on any atom is -0.394 e. The Morgan fingerprint density at radius 3 is 1.40 bits per heavy atom. The molecule has 28 nitrogen and oxygen atoms in total. The van der Waals surface area contributed by atoms with Crippen molar-refractivity contribution >= 4 is 11.8 Å². The topological polar surface area (TPSA) is 456 Å². The second kappa shape index (κ2) is 23.4. The number of rotatable bonds is 19. The highest BCUT2D eigenvalue weighted by molar-refractivity contribution is 5.73. The number of ether oxygens (including phenoxy) is 8. The van der Waals surface area contributed by atoms with Crippen molar-refractivity contribution in [1.82, 2.24) is 10.6 Å². The van der Waals surface area contributed by atoms with E-state index < -0.39 is 199 Å². The molecule has 4 aliphatic heterocycles. The maximum atomic E-state index is 12.4. The molecule has 2 amide bonds. The largest absolute Gasteiger partial charge is 0.394 e. The van der Waals surface area contributed by atoms with Gasteiger partial charge < -0.3 is 130 Å². The van der Waals surface area contributed by atoms with E-state index in [9.17, 15) is 91.3 Å². The first-order chi connectivity index (χ1) is 29.2. The van der Waals surface area contributed by atoms with Crippen molar-refractivity contribution in [3.63, 3.8) is 0 Å². The molecule has 0 saturated carbocycles. The highest BCUT2D eigenvalue weighted by atomic mass is 16.8. The van der Waals surface area contributed by atoms with Gasteiger partial charge in [-0.1, -0.05) is 0 Å². The molecule has 24 atom stereocenters. The van der Waals surface area contributed by atoms with Gasteiger partial charge in [-0.15, -0.1) is 0 Å². The van der Waals surface area contributed by atoms with Crippen molar-refractivity contribution in [2.24, 2.45) is 0 Å². The highest BCUT2D eigenvalue weighted by Gasteiger charge is 2.54. The Hall–Kier alpha value is -2.02. The third-order valence-corrected chi connectivity index (χ3v) is 10.7. The third-order valence-electron chi connectivity index (χ3n) is 10.7.